The van der Waals surface area contributed by atoms with Crippen LogP contribution in [0.5, 0.6) is 5.75 Å². The van der Waals surface area contributed by atoms with Crippen molar-refractivity contribution in [1.29, 1.82) is 0 Å². The molecule has 1 aliphatic rings. The SMILES string of the molecule is COCC(=O)Nc1ccc2c(c1)C(=O)N(C)C[C@H](OC)[C@H](C)CN(Cc1cc(F)ccc1F)[C@H](C)CO2. The Morgan fingerprint density at radius 1 is 1.14 bits per heavy atom. The van der Waals surface area contributed by atoms with Crippen LogP contribution in [0.2, 0.25) is 0 Å². The van der Waals surface area contributed by atoms with Gasteiger partial charge < -0.3 is 24.4 Å². The van der Waals surface area contributed by atoms with E-state index < -0.39 is 11.6 Å². The summed E-state index contributed by atoms with van der Waals surface area (Å²) in [4.78, 5) is 29.0. The van der Waals surface area contributed by atoms with Gasteiger partial charge in [0.1, 0.15) is 30.6 Å². The van der Waals surface area contributed by atoms with E-state index in [0.29, 0.717) is 24.5 Å². The molecule has 0 fully saturated rings. The summed E-state index contributed by atoms with van der Waals surface area (Å²) in [5.74, 6) is -1.29. The third-order valence-corrected chi connectivity index (χ3v) is 6.51. The summed E-state index contributed by atoms with van der Waals surface area (Å²) in [6, 6.07) is 8.08. The summed E-state index contributed by atoms with van der Waals surface area (Å²) in [5.41, 5.74) is 0.978. The van der Waals surface area contributed by atoms with Crippen molar-refractivity contribution in [2.45, 2.75) is 32.5 Å². The van der Waals surface area contributed by atoms with E-state index >= 15 is 0 Å². The van der Waals surface area contributed by atoms with Crippen molar-refractivity contribution in [3.63, 3.8) is 0 Å². The number of nitrogens with one attached hydrogen (secondary N) is 1. The fourth-order valence-electron chi connectivity index (χ4n) is 4.36. The third-order valence-electron chi connectivity index (χ3n) is 6.51. The number of methoxy groups -OCH3 is 2. The number of carbonyl (C=O) groups is 2. The zero-order valence-corrected chi connectivity index (χ0v) is 21.9. The lowest BCUT2D eigenvalue weighted by molar-refractivity contribution is -0.119. The quantitative estimate of drug-likeness (QED) is 0.629. The molecule has 0 bridgehead atoms. The molecule has 3 atom stereocenters. The van der Waals surface area contributed by atoms with E-state index in [0.717, 1.165) is 12.1 Å². The van der Waals surface area contributed by atoms with Crippen molar-refractivity contribution < 1.29 is 32.6 Å². The Kier molecular flexibility index (Phi) is 9.96. The van der Waals surface area contributed by atoms with Crippen LogP contribution in [0.1, 0.15) is 29.8 Å². The predicted molar refractivity (Wildman–Crippen MR) is 136 cm³/mol. The largest absolute Gasteiger partial charge is 0.491 e. The molecule has 10 heteroatoms. The summed E-state index contributed by atoms with van der Waals surface area (Å²) in [7, 11) is 4.69. The summed E-state index contributed by atoms with van der Waals surface area (Å²) < 4.78 is 45.0. The maximum absolute atomic E-state index is 14.5. The standard InChI is InChI=1S/C27H35F2N3O5/c1-17-12-32(13-19-10-20(28)6-8-23(19)29)18(2)15-37-24-9-7-21(30-26(33)16-35-4)11-22(24)27(34)31(3)14-25(17)36-5/h6-11,17-18,25H,12-16H2,1-5H3,(H,30,33)/t17-,18-,25+/m1/s1. The molecule has 1 heterocycles. The van der Waals surface area contributed by atoms with Crippen LogP contribution >= 0.6 is 0 Å². The minimum atomic E-state index is -0.500. The average molecular weight is 520 g/mol. The van der Waals surface area contributed by atoms with Crippen LogP contribution in [-0.2, 0) is 20.8 Å². The lowest BCUT2D eigenvalue weighted by Crippen LogP contribution is -2.46. The Balaban J connectivity index is 1.94. The molecule has 0 spiro atoms. The van der Waals surface area contributed by atoms with Gasteiger partial charge in [-0.3, -0.25) is 14.5 Å². The summed E-state index contributed by atoms with van der Waals surface area (Å²) in [5, 5.41) is 2.71. The number of hydrogen-bond donors (Lipinski definition) is 1. The zero-order valence-electron chi connectivity index (χ0n) is 21.9. The molecular weight excluding hydrogens is 484 g/mol. The number of benzene rings is 2. The molecule has 0 radical (unpaired) electrons. The van der Waals surface area contributed by atoms with E-state index in [1.165, 1.54) is 13.2 Å². The van der Waals surface area contributed by atoms with Crippen molar-refractivity contribution in [3.8, 4) is 5.75 Å². The summed E-state index contributed by atoms with van der Waals surface area (Å²) in [6.07, 6.45) is -0.311. The Labute approximate surface area is 216 Å². The first-order valence-electron chi connectivity index (χ1n) is 12.1. The second kappa shape index (κ2) is 12.9. The first kappa shape index (κ1) is 28.5. The monoisotopic (exact) mass is 519 g/mol. The third kappa shape index (κ3) is 7.47. The number of fused-ring (bicyclic) bond motifs is 1. The van der Waals surface area contributed by atoms with Gasteiger partial charge in [0.15, 0.2) is 0 Å². The Morgan fingerprint density at radius 2 is 1.89 bits per heavy atom. The van der Waals surface area contributed by atoms with Gasteiger partial charge in [0.05, 0.1) is 11.7 Å². The number of amides is 2. The number of likely N-dealkylation sites (N-methyl/N-ethyl adjacent to an activating group) is 1. The molecule has 202 valence electrons. The van der Waals surface area contributed by atoms with E-state index in [1.54, 1.807) is 37.3 Å². The van der Waals surface area contributed by atoms with Crippen LogP contribution < -0.4 is 10.1 Å². The van der Waals surface area contributed by atoms with E-state index in [-0.39, 0.29) is 60.8 Å². The predicted octanol–water partition coefficient (Wildman–Crippen LogP) is 3.56. The number of halogens is 2. The van der Waals surface area contributed by atoms with Gasteiger partial charge in [0.2, 0.25) is 5.91 Å². The van der Waals surface area contributed by atoms with E-state index in [9.17, 15) is 18.4 Å². The van der Waals surface area contributed by atoms with Crippen LogP contribution in [0.4, 0.5) is 14.5 Å². The second-order valence-electron chi connectivity index (χ2n) is 9.45. The highest BCUT2D eigenvalue weighted by Gasteiger charge is 2.29. The molecule has 1 aliphatic heterocycles. The van der Waals surface area contributed by atoms with Crippen molar-refractivity contribution >= 4 is 17.5 Å². The van der Waals surface area contributed by atoms with E-state index in [4.69, 9.17) is 14.2 Å². The maximum Gasteiger partial charge on any atom is 0.257 e. The molecule has 0 aliphatic carbocycles. The lowest BCUT2D eigenvalue weighted by Gasteiger charge is -2.36. The molecule has 0 aromatic heterocycles. The average Bonchev–Trinajstić information content (AvgIpc) is 2.86. The molecule has 1 N–H and O–H groups in total. The fourth-order valence-corrected chi connectivity index (χ4v) is 4.36. The van der Waals surface area contributed by atoms with Gasteiger partial charge in [-0.05, 0) is 49.2 Å². The van der Waals surface area contributed by atoms with Gasteiger partial charge in [-0.25, -0.2) is 8.78 Å². The van der Waals surface area contributed by atoms with Crippen molar-refractivity contribution in [3.05, 3.63) is 59.2 Å². The molecule has 0 saturated heterocycles. The Hall–Kier alpha value is -3.08. The molecule has 0 saturated carbocycles. The highest BCUT2D eigenvalue weighted by molar-refractivity contribution is 5.99. The van der Waals surface area contributed by atoms with Gasteiger partial charge in [0, 0.05) is 58.2 Å². The summed E-state index contributed by atoms with van der Waals surface area (Å²) in [6.45, 7) is 5.00. The van der Waals surface area contributed by atoms with Gasteiger partial charge in [-0.2, -0.15) is 0 Å². The Bertz CT molecular complexity index is 1100. The maximum atomic E-state index is 14.5. The molecule has 2 amide bonds. The topological polar surface area (TPSA) is 80.3 Å². The van der Waals surface area contributed by atoms with Crippen molar-refractivity contribution in [2.75, 3.05) is 52.9 Å². The van der Waals surface area contributed by atoms with Crippen LogP contribution in [0, 0.1) is 17.6 Å². The number of ether oxygens (including phenoxy) is 3. The lowest BCUT2D eigenvalue weighted by atomic mass is 10.0. The first-order chi connectivity index (χ1) is 17.6. The number of anilines is 1. The van der Waals surface area contributed by atoms with Gasteiger partial charge >= 0.3 is 0 Å². The molecule has 37 heavy (non-hydrogen) atoms. The molecule has 2 aromatic rings. The Morgan fingerprint density at radius 3 is 2.59 bits per heavy atom. The zero-order chi connectivity index (χ0) is 27.1. The number of hydrogen-bond acceptors (Lipinski definition) is 6. The number of nitrogens with zero attached hydrogens (tertiary/aromatic N) is 2. The molecule has 0 unspecified atom stereocenters. The first-order valence-corrected chi connectivity index (χ1v) is 12.1. The highest BCUT2D eigenvalue weighted by atomic mass is 19.1. The van der Waals surface area contributed by atoms with E-state index in [2.05, 4.69) is 5.32 Å². The summed E-state index contributed by atoms with van der Waals surface area (Å²) >= 11 is 0. The van der Waals surface area contributed by atoms with Crippen LogP contribution in [0.3, 0.4) is 0 Å². The minimum Gasteiger partial charge on any atom is -0.491 e. The molecule has 3 rings (SSSR count). The molecule has 8 nitrogen and oxygen atoms in total. The van der Waals surface area contributed by atoms with Crippen LogP contribution in [0.15, 0.2) is 36.4 Å². The van der Waals surface area contributed by atoms with Crippen LogP contribution in [0.25, 0.3) is 0 Å². The normalized spacial score (nSPS) is 21.4. The number of carbonyl (C=O) groups excluding carboxylic acids is 2. The fraction of sp³-hybridized carbons (Fsp3) is 0.481. The second-order valence-corrected chi connectivity index (χ2v) is 9.45. The smallest absolute Gasteiger partial charge is 0.257 e. The van der Waals surface area contributed by atoms with Crippen LogP contribution in [-0.4, -0.2) is 81.3 Å². The van der Waals surface area contributed by atoms with Gasteiger partial charge in [-0.1, -0.05) is 6.92 Å². The molecular formula is C27H35F2N3O5. The van der Waals surface area contributed by atoms with Gasteiger partial charge in [-0.15, -0.1) is 0 Å². The molecule has 2 aromatic carbocycles. The number of rotatable bonds is 6. The van der Waals surface area contributed by atoms with E-state index in [1.807, 2.05) is 18.7 Å². The highest BCUT2D eigenvalue weighted by Crippen LogP contribution is 2.27. The minimum absolute atomic E-state index is 0.0436. The van der Waals surface area contributed by atoms with Crippen molar-refractivity contribution in [1.82, 2.24) is 9.80 Å². The van der Waals surface area contributed by atoms with Crippen molar-refractivity contribution in [2.24, 2.45) is 5.92 Å². The van der Waals surface area contributed by atoms with Gasteiger partial charge in [0.25, 0.3) is 5.91 Å².